The molecule has 1 unspecified atom stereocenters. The van der Waals surface area contributed by atoms with Crippen molar-refractivity contribution in [3.8, 4) is 11.3 Å². The van der Waals surface area contributed by atoms with Crippen LogP contribution >= 0.6 is 11.6 Å². The minimum Gasteiger partial charge on any atom is -0.358 e. The van der Waals surface area contributed by atoms with E-state index >= 15 is 0 Å². The Morgan fingerprint density at radius 3 is 2.71 bits per heavy atom. The molecule has 1 fully saturated rings. The normalized spacial score (nSPS) is 16.5. The van der Waals surface area contributed by atoms with E-state index in [-0.39, 0.29) is 6.23 Å². The van der Waals surface area contributed by atoms with E-state index in [4.69, 9.17) is 21.3 Å². The van der Waals surface area contributed by atoms with Crippen molar-refractivity contribution in [1.29, 1.82) is 0 Å². The largest absolute Gasteiger partial charge is 0.358 e. The van der Waals surface area contributed by atoms with Crippen molar-refractivity contribution in [2.45, 2.75) is 32.4 Å². The summed E-state index contributed by atoms with van der Waals surface area (Å²) in [6.07, 6.45) is 5.64. The number of aromatic amines is 1. The van der Waals surface area contributed by atoms with E-state index in [1.807, 2.05) is 29.7 Å². The number of halogens is 1. The predicted molar refractivity (Wildman–Crippen MR) is 137 cm³/mol. The first-order valence-electron chi connectivity index (χ1n) is 11.2. The number of nitrogens with one attached hydrogen (secondary N) is 2. The Hall–Kier alpha value is -3.15. The summed E-state index contributed by atoms with van der Waals surface area (Å²) in [6, 6.07) is 9.00. The molecule has 184 valence electrons. The molecule has 4 heterocycles. The molecule has 0 saturated carbocycles. The molecule has 1 aromatic carbocycles. The second-order valence-electron chi connectivity index (χ2n) is 8.57. The third-order valence-corrected chi connectivity index (χ3v) is 7.54. The highest BCUT2D eigenvalue weighted by atomic mass is 35.5. The highest BCUT2D eigenvalue weighted by Crippen LogP contribution is 2.37. The van der Waals surface area contributed by atoms with Crippen molar-refractivity contribution >= 4 is 49.9 Å². The molecule has 0 aliphatic carbocycles. The fourth-order valence-electron chi connectivity index (χ4n) is 4.31. The van der Waals surface area contributed by atoms with Crippen molar-refractivity contribution in [1.82, 2.24) is 24.7 Å². The molecule has 1 saturated heterocycles. The summed E-state index contributed by atoms with van der Waals surface area (Å²) < 4.78 is 34.1. The van der Waals surface area contributed by atoms with Gasteiger partial charge in [-0.3, -0.25) is 14.0 Å². The number of aromatic nitrogens is 5. The zero-order chi connectivity index (χ0) is 24.7. The maximum atomic E-state index is 12.4. The number of nitrogens with zero attached hydrogens (tertiary/aromatic N) is 5. The minimum atomic E-state index is -3.53. The number of anilines is 3. The van der Waals surface area contributed by atoms with Gasteiger partial charge in [0.25, 0.3) is 0 Å². The lowest BCUT2D eigenvalue weighted by Gasteiger charge is -2.25. The number of hydrogen-bond donors (Lipinski definition) is 2. The number of imidazole rings is 1. The van der Waals surface area contributed by atoms with Gasteiger partial charge in [0.05, 0.1) is 29.0 Å². The fraction of sp³-hybridized carbons (Fsp3) is 0.348. The average Bonchev–Trinajstić information content (AvgIpc) is 3.47. The maximum Gasteiger partial charge on any atom is 0.232 e. The summed E-state index contributed by atoms with van der Waals surface area (Å²) in [7, 11) is -2.02. The number of rotatable bonds is 6. The van der Waals surface area contributed by atoms with Crippen LogP contribution in [0.1, 0.15) is 31.3 Å². The summed E-state index contributed by atoms with van der Waals surface area (Å²) in [6.45, 7) is 2.61. The molecule has 12 heteroatoms. The van der Waals surface area contributed by atoms with Crippen molar-refractivity contribution in [3.05, 3.63) is 47.5 Å². The van der Waals surface area contributed by atoms with E-state index in [1.165, 1.54) is 11.4 Å². The van der Waals surface area contributed by atoms with Gasteiger partial charge in [-0.2, -0.15) is 5.10 Å². The molecular formula is C23H26ClN7O3S. The van der Waals surface area contributed by atoms with Crippen molar-refractivity contribution in [2.75, 3.05) is 29.5 Å². The molecule has 5 rings (SSSR count). The molecule has 10 nitrogen and oxygen atoms in total. The van der Waals surface area contributed by atoms with Crippen LogP contribution in [0.2, 0.25) is 5.15 Å². The lowest BCUT2D eigenvalue weighted by atomic mass is 10.1. The predicted octanol–water partition coefficient (Wildman–Crippen LogP) is 4.62. The van der Waals surface area contributed by atoms with Crippen LogP contribution in [0.3, 0.4) is 0 Å². The lowest BCUT2D eigenvalue weighted by Crippen LogP contribution is -2.25. The van der Waals surface area contributed by atoms with E-state index in [0.29, 0.717) is 40.0 Å². The van der Waals surface area contributed by atoms with Gasteiger partial charge in [0.1, 0.15) is 22.7 Å². The second kappa shape index (κ2) is 9.14. The van der Waals surface area contributed by atoms with E-state index in [1.54, 1.807) is 18.3 Å². The molecule has 4 aromatic rings. The van der Waals surface area contributed by atoms with Gasteiger partial charge in [-0.25, -0.2) is 18.4 Å². The van der Waals surface area contributed by atoms with E-state index in [9.17, 15) is 8.42 Å². The van der Waals surface area contributed by atoms with E-state index < -0.39 is 10.0 Å². The van der Waals surface area contributed by atoms with Crippen LogP contribution in [-0.4, -0.2) is 53.1 Å². The first-order chi connectivity index (χ1) is 16.7. The van der Waals surface area contributed by atoms with Gasteiger partial charge in [0, 0.05) is 31.5 Å². The van der Waals surface area contributed by atoms with Crippen LogP contribution in [0.4, 0.5) is 17.1 Å². The number of H-pyrrole nitrogens is 1. The number of benzene rings is 1. The zero-order valence-electron chi connectivity index (χ0n) is 19.6. The third kappa shape index (κ3) is 4.58. The molecular weight excluding hydrogens is 490 g/mol. The maximum absolute atomic E-state index is 12.4. The van der Waals surface area contributed by atoms with Gasteiger partial charge in [0.15, 0.2) is 5.65 Å². The molecule has 2 N–H and O–H groups in total. The number of aryl methyl sites for hydroxylation is 1. The monoisotopic (exact) mass is 515 g/mol. The van der Waals surface area contributed by atoms with Gasteiger partial charge in [-0.15, -0.1) is 0 Å². The van der Waals surface area contributed by atoms with Crippen molar-refractivity contribution in [3.63, 3.8) is 0 Å². The van der Waals surface area contributed by atoms with Gasteiger partial charge < -0.3 is 10.1 Å². The van der Waals surface area contributed by atoms with E-state index in [2.05, 4.69) is 20.5 Å². The molecule has 0 spiro atoms. The Kier molecular flexibility index (Phi) is 6.16. The zero-order valence-corrected chi connectivity index (χ0v) is 21.2. The Labute approximate surface area is 208 Å². The van der Waals surface area contributed by atoms with Gasteiger partial charge >= 0.3 is 0 Å². The SMILES string of the molecule is Cc1nc2c(Nc3ccc(-c4ccn[nH]4)cc3N(C)S(C)(=O)=O)cc(Cl)nc2n1C1CCCCO1. The lowest BCUT2D eigenvalue weighted by molar-refractivity contribution is -0.0309. The Balaban J connectivity index is 1.61. The number of sulfonamides is 1. The molecule has 0 bridgehead atoms. The molecule has 0 amide bonds. The Morgan fingerprint density at radius 2 is 2.03 bits per heavy atom. The molecule has 1 atom stereocenters. The van der Waals surface area contributed by atoms with Crippen LogP contribution in [0.5, 0.6) is 0 Å². The summed E-state index contributed by atoms with van der Waals surface area (Å²) >= 11 is 6.43. The summed E-state index contributed by atoms with van der Waals surface area (Å²) in [4.78, 5) is 9.31. The molecule has 3 aromatic heterocycles. The summed E-state index contributed by atoms with van der Waals surface area (Å²) in [5, 5.41) is 10.5. The van der Waals surface area contributed by atoms with Crippen LogP contribution in [0.25, 0.3) is 22.4 Å². The van der Waals surface area contributed by atoms with Crippen LogP contribution in [-0.2, 0) is 14.8 Å². The van der Waals surface area contributed by atoms with Crippen molar-refractivity contribution in [2.24, 2.45) is 0 Å². The molecule has 1 aliphatic heterocycles. The molecule has 0 radical (unpaired) electrons. The number of hydrogen-bond acceptors (Lipinski definition) is 7. The topological polar surface area (TPSA) is 118 Å². The summed E-state index contributed by atoms with van der Waals surface area (Å²) in [5.41, 5.74) is 4.48. The number of fused-ring (bicyclic) bond motifs is 1. The fourth-order valence-corrected chi connectivity index (χ4v) is 5.01. The molecule has 35 heavy (non-hydrogen) atoms. The average molecular weight is 516 g/mol. The smallest absolute Gasteiger partial charge is 0.232 e. The van der Waals surface area contributed by atoms with Crippen LogP contribution in [0, 0.1) is 6.92 Å². The Bertz CT molecular complexity index is 1480. The number of pyridine rings is 1. The minimum absolute atomic E-state index is 0.145. The van der Waals surface area contributed by atoms with Crippen molar-refractivity contribution < 1.29 is 13.2 Å². The van der Waals surface area contributed by atoms with Gasteiger partial charge in [-0.1, -0.05) is 17.7 Å². The highest BCUT2D eigenvalue weighted by Gasteiger charge is 2.24. The number of ether oxygens (including phenoxy) is 1. The quantitative estimate of drug-likeness (QED) is 0.359. The first-order valence-corrected chi connectivity index (χ1v) is 13.5. The third-order valence-electron chi connectivity index (χ3n) is 6.15. The highest BCUT2D eigenvalue weighted by molar-refractivity contribution is 7.92. The standard InChI is InChI=1S/C23H26ClN7O3S/c1-14-26-22-18(13-20(24)28-23(22)31(14)21-6-4-5-11-34-21)27-17-8-7-15(16-9-10-25-29-16)12-19(17)30(2)35(3,32)33/h7-10,12-13,21H,4-6,11H2,1-3H3,(H,25,29)(H,27,28). The second-order valence-corrected chi connectivity index (χ2v) is 11.0. The Morgan fingerprint density at radius 1 is 1.20 bits per heavy atom. The van der Waals surface area contributed by atoms with Crippen LogP contribution in [0.15, 0.2) is 36.5 Å². The summed E-state index contributed by atoms with van der Waals surface area (Å²) in [5.74, 6) is 0.771. The van der Waals surface area contributed by atoms with Gasteiger partial charge in [-0.05, 0) is 44.4 Å². The van der Waals surface area contributed by atoms with Gasteiger partial charge in [0.2, 0.25) is 10.0 Å². The molecule has 1 aliphatic rings. The first kappa shape index (κ1) is 23.6. The van der Waals surface area contributed by atoms with E-state index in [0.717, 1.165) is 42.6 Å². The van der Waals surface area contributed by atoms with Crippen LogP contribution < -0.4 is 9.62 Å².